The summed E-state index contributed by atoms with van der Waals surface area (Å²) in [6.07, 6.45) is 3.16. The highest BCUT2D eigenvalue weighted by molar-refractivity contribution is 5.71. The van der Waals surface area contributed by atoms with Crippen molar-refractivity contribution in [2.75, 3.05) is 13.2 Å². The van der Waals surface area contributed by atoms with E-state index in [2.05, 4.69) is 6.92 Å². The Morgan fingerprint density at radius 1 is 0.950 bits per heavy atom. The van der Waals surface area contributed by atoms with E-state index in [0.29, 0.717) is 6.61 Å². The van der Waals surface area contributed by atoms with Gasteiger partial charge in [-0.05, 0) is 6.42 Å². The predicted molar refractivity (Wildman–Crippen MR) is 71.9 cm³/mol. The Hall–Kier alpha value is -1.59. The first kappa shape index (κ1) is 18.4. The number of rotatable bonds is 10. The van der Waals surface area contributed by atoms with Crippen molar-refractivity contribution < 1.29 is 28.6 Å². The van der Waals surface area contributed by atoms with E-state index >= 15 is 0 Å². The van der Waals surface area contributed by atoms with E-state index in [1.165, 1.54) is 13.8 Å². The van der Waals surface area contributed by atoms with Crippen molar-refractivity contribution in [3.05, 3.63) is 0 Å². The van der Waals surface area contributed by atoms with Crippen LogP contribution in [-0.4, -0.2) is 37.2 Å². The third kappa shape index (κ3) is 11.5. The number of hydrogen-bond acceptors (Lipinski definition) is 6. The summed E-state index contributed by atoms with van der Waals surface area (Å²) < 4.78 is 14.7. The minimum Gasteiger partial charge on any atom is -0.466 e. The molecular formula is C14H24O6. The molecule has 0 amide bonds. The predicted octanol–water partition coefficient (Wildman–Crippen LogP) is 1.99. The first-order chi connectivity index (χ1) is 9.45. The van der Waals surface area contributed by atoms with Crippen molar-refractivity contribution in [2.24, 2.45) is 0 Å². The zero-order valence-electron chi connectivity index (χ0n) is 12.5. The second-order valence-electron chi connectivity index (χ2n) is 4.52. The standard InChI is InChI=1S/C14H24O6/c1-4-5-6-7-8-18-14(17)9-13(20-12(3)16)10-19-11(2)15/h13H,4-10H2,1-3H3. The molecule has 1 unspecified atom stereocenters. The Morgan fingerprint density at radius 2 is 1.65 bits per heavy atom. The molecule has 0 aromatic carbocycles. The topological polar surface area (TPSA) is 78.9 Å². The van der Waals surface area contributed by atoms with Gasteiger partial charge in [0.05, 0.1) is 13.0 Å². The van der Waals surface area contributed by atoms with Crippen LogP contribution in [0.1, 0.15) is 52.9 Å². The van der Waals surface area contributed by atoms with Gasteiger partial charge >= 0.3 is 17.9 Å². The van der Waals surface area contributed by atoms with Gasteiger partial charge in [0, 0.05) is 13.8 Å². The number of hydrogen-bond donors (Lipinski definition) is 0. The molecule has 20 heavy (non-hydrogen) atoms. The molecule has 0 spiro atoms. The fraction of sp³-hybridized carbons (Fsp3) is 0.786. The lowest BCUT2D eigenvalue weighted by atomic mass is 10.2. The van der Waals surface area contributed by atoms with Crippen LogP contribution in [0, 0.1) is 0 Å². The molecule has 0 aromatic heterocycles. The second kappa shape index (κ2) is 11.3. The molecule has 0 aliphatic rings. The number of unbranched alkanes of at least 4 members (excludes halogenated alkanes) is 3. The van der Waals surface area contributed by atoms with Crippen molar-refractivity contribution >= 4 is 17.9 Å². The smallest absolute Gasteiger partial charge is 0.309 e. The molecule has 0 aliphatic heterocycles. The minimum atomic E-state index is -0.792. The van der Waals surface area contributed by atoms with E-state index in [1.54, 1.807) is 0 Å². The molecule has 0 radical (unpaired) electrons. The van der Waals surface area contributed by atoms with Crippen LogP contribution in [0.25, 0.3) is 0 Å². The molecule has 0 rings (SSSR count). The SMILES string of the molecule is CCCCCCOC(=O)CC(COC(C)=O)OC(C)=O. The van der Waals surface area contributed by atoms with Crippen LogP contribution in [-0.2, 0) is 28.6 Å². The van der Waals surface area contributed by atoms with Crippen LogP contribution in [0.4, 0.5) is 0 Å². The van der Waals surface area contributed by atoms with Crippen LogP contribution in [0.2, 0.25) is 0 Å². The molecule has 6 heteroatoms. The lowest BCUT2D eigenvalue weighted by Gasteiger charge is -2.16. The van der Waals surface area contributed by atoms with Crippen LogP contribution < -0.4 is 0 Å². The molecule has 0 saturated carbocycles. The molecule has 6 nitrogen and oxygen atoms in total. The highest BCUT2D eigenvalue weighted by Crippen LogP contribution is 2.05. The summed E-state index contributed by atoms with van der Waals surface area (Å²) in [5.41, 5.74) is 0. The number of ether oxygens (including phenoxy) is 3. The maximum Gasteiger partial charge on any atom is 0.309 e. The molecule has 0 fully saturated rings. The Bertz CT molecular complexity index is 313. The molecule has 116 valence electrons. The van der Waals surface area contributed by atoms with Crippen LogP contribution in [0.5, 0.6) is 0 Å². The molecule has 0 aliphatic carbocycles. The van der Waals surface area contributed by atoms with E-state index in [1.807, 2.05) is 0 Å². The van der Waals surface area contributed by atoms with Gasteiger partial charge in [0.2, 0.25) is 0 Å². The minimum absolute atomic E-state index is 0.110. The monoisotopic (exact) mass is 288 g/mol. The lowest BCUT2D eigenvalue weighted by Crippen LogP contribution is -2.27. The fourth-order valence-corrected chi connectivity index (χ4v) is 1.54. The van der Waals surface area contributed by atoms with Crippen LogP contribution in [0.3, 0.4) is 0 Å². The number of carbonyl (C=O) groups excluding carboxylic acids is 3. The Labute approximate surface area is 119 Å². The van der Waals surface area contributed by atoms with Crippen molar-refractivity contribution in [3.8, 4) is 0 Å². The molecule has 1 atom stereocenters. The van der Waals surface area contributed by atoms with Gasteiger partial charge in [-0.2, -0.15) is 0 Å². The normalized spacial score (nSPS) is 11.6. The zero-order chi connectivity index (χ0) is 15.4. The summed E-state index contributed by atoms with van der Waals surface area (Å²) in [4.78, 5) is 33.2. The lowest BCUT2D eigenvalue weighted by molar-refractivity contribution is -0.161. The van der Waals surface area contributed by atoms with Crippen molar-refractivity contribution in [1.82, 2.24) is 0 Å². The Balaban J connectivity index is 3.97. The summed E-state index contributed by atoms with van der Waals surface area (Å²) in [6, 6.07) is 0. The Kier molecular flexibility index (Phi) is 10.4. The summed E-state index contributed by atoms with van der Waals surface area (Å²) in [6.45, 7) is 4.80. The van der Waals surface area contributed by atoms with Crippen molar-refractivity contribution in [3.63, 3.8) is 0 Å². The van der Waals surface area contributed by atoms with Gasteiger partial charge in [-0.1, -0.05) is 26.2 Å². The third-order valence-electron chi connectivity index (χ3n) is 2.46. The maximum absolute atomic E-state index is 11.6. The van der Waals surface area contributed by atoms with E-state index in [0.717, 1.165) is 25.7 Å². The van der Waals surface area contributed by atoms with Gasteiger partial charge in [-0.3, -0.25) is 14.4 Å². The van der Waals surface area contributed by atoms with Gasteiger partial charge in [0.1, 0.15) is 12.7 Å². The summed E-state index contributed by atoms with van der Waals surface area (Å²) >= 11 is 0. The Morgan fingerprint density at radius 3 is 2.20 bits per heavy atom. The molecule has 0 N–H and O–H groups in total. The largest absolute Gasteiger partial charge is 0.466 e. The molecule has 0 bridgehead atoms. The summed E-state index contributed by atoms with van der Waals surface area (Å²) in [7, 11) is 0. The number of esters is 3. The highest BCUT2D eigenvalue weighted by Gasteiger charge is 2.19. The van der Waals surface area contributed by atoms with E-state index in [4.69, 9.17) is 14.2 Å². The average Bonchev–Trinajstić information content (AvgIpc) is 2.35. The maximum atomic E-state index is 11.6. The van der Waals surface area contributed by atoms with Crippen molar-refractivity contribution in [1.29, 1.82) is 0 Å². The third-order valence-corrected chi connectivity index (χ3v) is 2.46. The molecule has 0 aromatic rings. The molecular weight excluding hydrogens is 264 g/mol. The van der Waals surface area contributed by atoms with Gasteiger partial charge in [-0.25, -0.2) is 0 Å². The summed E-state index contributed by atoms with van der Waals surface area (Å²) in [5.74, 6) is -1.48. The van der Waals surface area contributed by atoms with Gasteiger partial charge < -0.3 is 14.2 Å². The van der Waals surface area contributed by atoms with Crippen LogP contribution >= 0.6 is 0 Å². The zero-order valence-corrected chi connectivity index (χ0v) is 12.5. The molecule has 0 saturated heterocycles. The molecule has 0 heterocycles. The van der Waals surface area contributed by atoms with Crippen LogP contribution in [0.15, 0.2) is 0 Å². The van der Waals surface area contributed by atoms with Gasteiger partial charge in [0.15, 0.2) is 0 Å². The quantitative estimate of drug-likeness (QED) is 0.347. The first-order valence-electron chi connectivity index (χ1n) is 6.91. The van der Waals surface area contributed by atoms with E-state index < -0.39 is 24.0 Å². The van der Waals surface area contributed by atoms with E-state index in [9.17, 15) is 14.4 Å². The second-order valence-corrected chi connectivity index (χ2v) is 4.52. The first-order valence-corrected chi connectivity index (χ1v) is 6.91. The van der Waals surface area contributed by atoms with E-state index in [-0.39, 0.29) is 13.0 Å². The average molecular weight is 288 g/mol. The number of carbonyl (C=O) groups is 3. The summed E-state index contributed by atoms with van der Waals surface area (Å²) in [5, 5.41) is 0. The van der Waals surface area contributed by atoms with Gasteiger partial charge in [0.25, 0.3) is 0 Å². The van der Waals surface area contributed by atoms with Crippen molar-refractivity contribution in [2.45, 2.75) is 59.0 Å². The van der Waals surface area contributed by atoms with Gasteiger partial charge in [-0.15, -0.1) is 0 Å². The highest BCUT2D eigenvalue weighted by atomic mass is 16.6. The fourth-order valence-electron chi connectivity index (χ4n) is 1.54.